The standard InChI is InChI=1S/C14H16F3N3O2/c1-9(2)11-8-20(13(22)19(11)5-6-21)10-3-4-12(18-7-10)14(15,16)17/h3-4,6-7,9,11H,5,8H2,1-2H3/t11-/m1/s1. The van der Waals surface area contributed by atoms with E-state index in [1.807, 2.05) is 13.8 Å². The number of aromatic nitrogens is 1. The Balaban J connectivity index is 2.25. The number of pyridine rings is 1. The highest BCUT2D eigenvalue weighted by molar-refractivity contribution is 5.95. The predicted molar refractivity (Wildman–Crippen MR) is 73.4 cm³/mol. The van der Waals surface area contributed by atoms with Crippen LogP contribution in [0.25, 0.3) is 0 Å². The van der Waals surface area contributed by atoms with Crippen molar-refractivity contribution in [3.8, 4) is 0 Å². The molecule has 22 heavy (non-hydrogen) atoms. The molecule has 0 aromatic carbocycles. The Morgan fingerprint density at radius 2 is 2.09 bits per heavy atom. The molecule has 1 atom stereocenters. The number of nitrogens with zero attached hydrogens (tertiary/aromatic N) is 3. The summed E-state index contributed by atoms with van der Waals surface area (Å²) in [6.45, 7) is 4.12. The van der Waals surface area contributed by atoms with Gasteiger partial charge in [0, 0.05) is 6.54 Å². The molecule has 120 valence electrons. The molecule has 0 bridgehead atoms. The number of aldehydes is 1. The van der Waals surface area contributed by atoms with Gasteiger partial charge in [0.25, 0.3) is 0 Å². The first-order valence-electron chi connectivity index (χ1n) is 6.80. The maximum absolute atomic E-state index is 12.5. The van der Waals surface area contributed by atoms with E-state index in [-0.39, 0.29) is 24.2 Å². The molecule has 0 unspecified atom stereocenters. The lowest BCUT2D eigenvalue weighted by Gasteiger charge is -2.23. The Kier molecular flexibility index (Phi) is 4.39. The van der Waals surface area contributed by atoms with Crippen molar-refractivity contribution >= 4 is 18.0 Å². The molecule has 2 amide bonds. The Bertz CT molecular complexity index is 557. The van der Waals surface area contributed by atoms with Crippen LogP contribution in [-0.4, -0.2) is 41.3 Å². The molecule has 0 radical (unpaired) electrons. The van der Waals surface area contributed by atoms with Gasteiger partial charge in [0.2, 0.25) is 0 Å². The number of amides is 2. The predicted octanol–water partition coefficient (Wildman–Crippen LogP) is 2.57. The van der Waals surface area contributed by atoms with E-state index in [2.05, 4.69) is 4.98 Å². The van der Waals surface area contributed by atoms with Gasteiger partial charge in [-0.2, -0.15) is 13.2 Å². The van der Waals surface area contributed by atoms with E-state index in [1.165, 1.54) is 15.9 Å². The van der Waals surface area contributed by atoms with Crippen molar-refractivity contribution in [2.45, 2.75) is 26.1 Å². The third kappa shape index (κ3) is 3.05. The van der Waals surface area contributed by atoms with Gasteiger partial charge in [-0.15, -0.1) is 0 Å². The van der Waals surface area contributed by atoms with Crippen molar-refractivity contribution in [1.29, 1.82) is 0 Å². The highest BCUT2D eigenvalue weighted by atomic mass is 19.4. The lowest BCUT2D eigenvalue weighted by Crippen LogP contribution is -2.38. The van der Waals surface area contributed by atoms with Crippen LogP contribution in [0, 0.1) is 5.92 Å². The highest BCUT2D eigenvalue weighted by Crippen LogP contribution is 2.30. The van der Waals surface area contributed by atoms with Crippen molar-refractivity contribution in [3.05, 3.63) is 24.0 Å². The summed E-state index contributed by atoms with van der Waals surface area (Å²) in [6, 6.07) is 1.50. The highest BCUT2D eigenvalue weighted by Gasteiger charge is 2.39. The first kappa shape index (κ1) is 16.3. The lowest BCUT2D eigenvalue weighted by molar-refractivity contribution is -0.141. The monoisotopic (exact) mass is 315 g/mol. The van der Waals surface area contributed by atoms with E-state index < -0.39 is 17.9 Å². The van der Waals surface area contributed by atoms with Crippen molar-refractivity contribution < 1.29 is 22.8 Å². The fourth-order valence-electron chi connectivity index (χ4n) is 2.45. The second-order valence-corrected chi connectivity index (χ2v) is 5.42. The fraction of sp³-hybridized carbons (Fsp3) is 0.500. The molecule has 5 nitrogen and oxygen atoms in total. The van der Waals surface area contributed by atoms with Crippen LogP contribution in [-0.2, 0) is 11.0 Å². The SMILES string of the molecule is CC(C)[C@H]1CN(c2ccc(C(F)(F)F)nc2)C(=O)N1CC=O. The number of carbonyl (C=O) groups is 2. The van der Waals surface area contributed by atoms with Gasteiger partial charge >= 0.3 is 12.2 Å². The van der Waals surface area contributed by atoms with Crippen molar-refractivity contribution in [1.82, 2.24) is 9.88 Å². The Morgan fingerprint density at radius 1 is 1.41 bits per heavy atom. The van der Waals surface area contributed by atoms with Gasteiger partial charge < -0.3 is 9.69 Å². The van der Waals surface area contributed by atoms with E-state index in [4.69, 9.17) is 0 Å². The van der Waals surface area contributed by atoms with Gasteiger partial charge in [-0.05, 0) is 18.1 Å². The molecule has 2 heterocycles. The van der Waals surface area contributed by atoms with Crippen LogP contribution >= 0.6 is 0 Å². The Morgan fingerprint density at radius 3 is 2.55 bits per heavy atom. The summed E-state index contributed by atoms with van der Waals surface area (Å²) in [7, 11) is 0. The van der Waals surface area contributed by atoms with E-state index in [9.17, 15) is 22.8 Å². The Hall–Kier alpha value is -2.12. The van der Waals surface area contributed by atoms with Crippen molar-refractivity contribution in [3.63, 3.8) is 0 Å². The van der Waals surface area contributed by atoms with Crippen LogP contribution in [0.3, 0.4) is 0 Å². The number of hydrogen-bond acceptors (Lipinski definition) is 3. The first-order valence-corrected chi connectivity index (χ1v) is 6.80. The summed E-state index contributed by atoms with van der Waals surface area (Å²) in [5.41, 5.74) is -0.717. The van der Waals surface area contributed by atoms with Gasteiger partial charge in [-0.1, -0.05) is 13.8 Å². The van der Waals surface area contributed by atoms with Crippen molar-refractivity contribution in [2.24, 2.45) is 5.92 Å². The fourth-order valence-corrected chi connectivity index (χ4v) is 2.45. The van der Waals surface area contributed by atoms with Crippen LogP contribution in [0.5, 0.6) is 0 Å². The average molecular weight is 315 g/mol. The van der Waals surface area contributed by atoms with E-state index in [0.29, 0.717) is 12.8 Å². The van der Waals surface area contributed by atoms with Gasteiger partial charge in [0.1, 0.15) is 12.0 Å². The molecule has 0 saturated carbocycles. The average Bonchev–Trinajstić information content (AvgIpc) is 2.76. The number of halogens is 3. The number of rotatable bonds is 4. The summed E-state index contributed by atoms with van der Waals surface area (Å²) < 4.78 is 37.5. The molecule has 1 aromatic heterocycles. The van der Waals surface area contributed by atoms with Gasteiger partial charge in [0.15, 0.2) is 0 Å². The molecule has 1 aliphatic rings. The zero-order valence-electron chi connectivity index (χ0n) is 12.2. The van der Waals surface area contributed by atoms with Gasteiger partial charge in [0.05, 0.1) is 24.5 Å². The minimum atomic E-state index is -4.52. The second-order valence-electron chi connectivity index (χ2n) is 5.42. The molecule has 1 aliphatic heterocycles. The number of carbonyl (C=O) groups excluding carboxylic acids is 2. The zero-order valence-corrected chi connectivity index (χ0v) is 12.2. The van der Waals surface area contributed by atoms with Crippen LogP contribution < -0.4 is 4.90 Å². The van der Waals surface area contributed by atoms with Gasteiger partial charge in [-0.3, -0.25) is 4.90 Å². The van der Waals surface area contributed by atoms with E-state index >= 15 is 0 Å². The second kappa shape index (κ2) is 5.94. The van der Waals surface area contributed by atoms with Crippen LogP contribution in [0.1, 0.15) is 19.5 Å². The molecular weight excluding hydrogens is 299 g/mol. The zero-order chi connectivity index (χ0) is 16.5. The first-order chi connectivity index (χ1) is 10.3. The van der Waals surface area contributed by atoms with E-state index in [0.717, 1.165) is 12.3 Å². The summed E-state index contributed by atoms with van der Waals surface area (Å²) >= 11 is 0. The molecule has 1 fully saturated rings. The van der Waals surface area contributed by atoms with Crippen LogP contribution in [0.15, 0.2) is 18.3 Å². The number of alkyl halides is 3. The summed E-state index contributed by atoms with van der Waals surface area (Å²) in [4.78, 5) is 29.2. The normalized spacial score (nSPS) is 19.2. The third-order valence-electron chi connectivity index (χ3n) is 3.64. The molecule has 8 heteroatoms. The maximum Gasteiger partial charge on any atom is 0.433 e. The Labute approximate surface area is 125 Å². The molecule has 0 N–H and O–H groups in total. The molecule has 0 aliphatic carbocycles. The summed E-state index contributed by atoms with van der Waals surface area (Å²) in [5, 5.41) is 0. The molecule has 1 aromatic rings. The number of anilines is 1. The smallest absolute Gasteiger partial charge is 0.312 e. The molecule has 2 rings (SSSR count). The summed E-state index contributed by atoms with van der Waals surface area (Å²) in [5.74, 6) is 0.122. The van der Waals surface area contributed by atoms with Crippen LogP contribution in [0.4, 0.5) is 23.7 Å². The minimum absolute atomic E-state index is 0.0355. The number of urea groups is 1. The maximum atomic E-state index is 12.5. The van der Waals surface area contributed by atoms with E-state index in [1.54, 1.807) is 0 Å². The topological polar surface area (TPSA) is 53.5 Å². The quantitative estimate of drug-likeness (QED) is 0.803. The largest absolute Gasteiger partial charge is 0.433 e. The summed E-state index contributed by atoms with van der Waals surface area (Å²) in [6.07, 6.45) is -2.85. The van der Waals surface area contributed by atoms with Crippen molar-refractivity contribution in [2.75, 3.05) is 18.0 Å². The molecular formula is C14H16F3N3O2. The number of hydrogen-bond donors (Lipinski definition) is 0. The molecule has 0 spiro atoms. The molecule has 1 saturated heterocycles. The van der Waals surface area contributed by atoms with Gasteiger partial charge in [-0.25, -0.2) is 9.78 Å². The lowest BCUT2D eigenvalue weighted by atomic mass is 10.0. The third-order valence-corrected chi connectivity index (χ3v) is 3.64. The van der Waals surface area contributed by atoms with Crippen LogP contribution in [0.2, 0.25) is 0 Å². The minimum Gasteiger partial charge on any atom is -0.312 e.